The highest BCUT2D eigenvalue weighted by molar-refractivity contribution is 5.56. The van der Waals surface area contributed by atoms with E-state index in [1.54, 1.807) is 0 Å². The molecule has 1 aromatic carbocycles. The average molecular weight is 479 g/mol. The lowest BCUT2D eigenvalue weighted by molar-refractivity contribution is -0.185. The minimum atomic E-state index is 0.0269. The molecule has 0 radical (unpaired) electrons. The maximum absolute atomic E-state index is 6.02. The van der Waals surface area contributed by atoms with Crippen molar-refractivity contribution in [1.29, 1.82) is 0 Å². The second-order valence-corrected chi connectivity index (χ2v) is 9.98. The Morgan fingerprint density at radius 3 is 2.49 bits per heavy atom. The van der Waals surface area contributed by atoms with Gasteiger partial charge in [0.2, 0.25) is 0 Å². The van der Waals surface area contributed by atoms with Crippen molar-refractivity contribution in [1.82, 2.24) is 9.97 Å². The second kappa shape index (κ2) is 16.6. The Labute approximate surface area is 213 Å². The van der Waals surface area contributed by atoms with Gasteiger partial charge in [0, 0.05) is 30.1 Å². The van der Waals surface area contributed by atoms with Crippen molar-refractivity contribution in [3.8, 4) is 11.4 Å². The van der Waals surface area contributed by atoms with Crippen LogP contribution >= 0.6 is 0 Å². The molecule has 1 aliphatic heterocycles. The van der Waals surface area contributed by atoms with Crippen LogP contribution in [0.15, 0.2) is 42.7 Å². The zero-order valence-electron chi connectivity index (χ0n) is 22.1. The van der Waals surface area contributed by atoms with E-state index in [2.05, 4.69) is 60.2 Å². The predicted molar refractivity (Wildman–Crippen MR) is 146 cm³/mol. The fourth-order valence-corrected chi connectivity index (χ4v) is 4.56. The highest BCUT2D eigenvalue weighted by Gasteiger charge is 2.16. The van der Waals surface area contributed by atoms with Crippen molar-refractivity contribution in [2.75, 3.05) is 6.61 Å². The molecule has 0 aliphatic carbocycles. The molecule has 0 spiro atoms. The number of aryl methyl sites for hydroxylation is 1. The quantitative estimate of drug-likeness (QED) is 0.227. The summed E-state index contributed by atoms with van der Waals surface area (Å²) in [5.41, 5.74) is 3.54. The van der Waals surface area contributed by atoms with Crippen molar-refractivity contribution in [2.24, 2.45) is 0 Å². The Bertz CT molecular complexity index is 826. The minimum absolute atomic E-state index is 0.0269. The first-order chi connectivity index (χ1) is 17.2. The van der Waals surface area contributed by atoms with Gasteiger partial charge in [0.05, 0.1) is 6.10 Å². The number of aromatic nitrogens is 2. The maximum atomic E-state index is 6.02. The highest BCUT2D eigenvalue weighted by Crippen LogP contribution is 2.19. The molecule has 1 aromatic heterocycles. The van der Waals surface area contributed by atoms with E-state index in [0.717, 1.165) is 49.2 Å². The monoisotopic (exact) mass is 478 g/mol. The largest absolute Gasteiger partial charge is 0.353 e. The lowest BCUT2D eigenvalue weighted by atomic mass is 10.0. The Balaban J connectivity index is 1.31. The fraction of sp³-hybridized carbons (Fsp3) is 0.613. The predicted octanol–water partition coefficient (Wildman–Crippen LogP) is 8.55. The normalized spacial score (nSPS) is 17.1. The number of benzene rings is 1. The third-order valence-corrected chi connectivity index (χ3v) is 6.77. The number of ether oxygens (including phenoxy) is 2. The van der Waals surface area contributed by atoms with Crippen LogP contribution in [0.25, 0.3) is 17.5 Å². The van der Waals surface area contributed by atoms with E-state index in [1.165, 1.54) is 69.8 Å². The molecule has 4 nitrogen and oxygen atoms in total. The molecule has 1 aliphatic rings. The standard InChI is InChI=1S/C31H46N2O2/c1-3-4-5-6-7-8-11-17-28-24-32-31(33-25-28)29-21-19-27(20-22-29)16-12-9-10-15-26(2)35-30-18-13-14-23-34-30/h11,17,19-22,24-26,30H,3-10,12-16,18,23H2,1-2H3. The van der Waals surface area contributed by atoms with Crippen molar-refractivity contribution < 1.29 is 9.47 Å². The lowest BCUT2D eigenvalue weighted by Crippen LogP contribution is -2.26. The second-order valence-electron chi connectivity index (χ2n) is 9.98. The number of hydrogen-bond donors (Lipinski definition) is 0. The summed E-state index contributed by atoms with van der Waals surface area (Å²) in [6, 6.07) is 8.74. The first-order valence-electron chi connectivity index (χ1n) is 14.1. The van der Waals surface area contributed by atoms with E-state index in [-0.39, 0.29) is 12.4 Å². The summed E-state index contributed by atoms with van der Waals surface area (Å²) >= 11 is 0. The molecule has 2 heterocycles. The molecule has 1 fully saturated rings. The van der Waals surface area contributed by atoms with Crippen molar-refractivity contribution in [3.63, 3.8) is 0 Å². The number of rotatable bonds is 16. The van der Waals surface area contributed by atoms with E-state index >= 15 is 0 Å². The Hall–Kier alpha value is -2.04. The van der Waals surface area contributed by atoms with Crippen LogP contribution in [0.4, 0.5) is 0 Å². The lowest BCUT2D eigenvalue weighted by Gasteiger charge is -2.26. The molecule has 2 unspecified atom stereocenters. The molecule has 35 heavy (non-hydrogen) atoms. The maximum Gasteiger partial charge on any atom is 0.159 e. The van der Waals surface area contributed by atoms with Crippen molar-refractivity contribution >= 4 is 6.08 Å². The molecule has 0 amide bonds. The van der Waals surface area contributed by atoms with E-state index < -0.39 is 0 Å². The summed E-state index contributed by atoms with van der Waals surface area (Å²) in [6.07, 6.45) is 25.6. The van der Waals surface area contributed by atoms with E-state index in [1.807, 2.05) is 12.4 Å². The van der Waals surface area contributed by atoms with Gasteiger partial charge in [-0.05, 0) is 63.9 Å². The SMILES string of the molecule is CCCCCCCC=Cc1cnc(-c2ccc(CCCCCC(C)OC3CCCCO3)cc2)nc1. The van der Waals surface area contributed by atoms with Gasteiger partial charge in [-0.15, -0.1) is 0 Å². The number of hydrogen-bond acceptors (Lipinski definition) is 4. The van der Waals surface area contributed by atoms with Crippen LogP contribution in [-0.4, -0.2) is 29.0 Å². The number of nitrogens with zero attached hydrogens (tertiary/aromatic N) is 2. The highest BCUT2D eigenvalue weighted by atomic mass is 16.7. The van der Waals surface area contributed by atoms with Gasteiger partial charge in [-0.1, -0.05) is 81.9 Å². The third kappa shape index (κ3) is 11.0. The van der Waals surface area contributed by atoms with Gasteiger partial charge < -0.3 is 9.47 Å². The van der Waals surface area contributed by atoms with Crippen LogP contribution in [-0.2, 0) is 15.9 Å². The smallest absolute Gasteiger partial charge is 0.159 e. The Morgan fingerprint density at radius 2 is 1.74 bits per heavy atom. The topological polar surface area (TPSA) is 44.2 Å². The molecule has 0 bridgehead atoms. The molecule has 2 aromatic rings. The van der Waals surface area contributed by atoms with Gasteiger partial charge in [0.25, 0.3) is 0 Å². The van der Waals surface area contributed by atoms with E-state index in [4.69, 9.17) is 9.47 Å². The van der Waals surface area contributed by atoms with Gasteiger partial charge in [0.15, 0.2) is 12.1 Å². The minimum Gasteiger partial charge on any atom is -0.353 e. The van der Waals surface area contributed by atoms with Crippen molar-refractivity contribution in [3.05, 3.63) is 53.9 Å². The van der Waals surface area contributed by atoms with Gasteiger partial charge in [-0.2, -0.15) is 0 Å². The van der Waals surface area contributed by atoms with E-state index in [9.17, 15) is 0 Å². The van der Waals surface area contributed by atoms with Gasteiger partial charge in [-0.25, -0.2) is 9.97 Å². The zero-order chi connectivity index (χ0) is 24.6. The molecule has 0 saturated carbocycles. The summed E-state index contributed by atoms with van der Waals surface area (Å²) in [7, 11) is 0. The summed E-state index contributed by atoms with van der Waals surface area (Å²) in [5, 5.41) is 0. The molecule has 1 saturated heterocycles. The zero-order valence-corrected chi connectivity index (χ0v) is 22.1. The number of allylic oxidation sites excluding steroid dienone is 1. The van der Waals surface area contributed by atoms with Crippen LogP contribution in [0.2, 0.25) is 0 Å². The van der Waals surface area contributed by atoms with Crippen LogP contribution in [0.1, 0.15) is 108 Å². The average Bonchev–Trinajstić information content (AvgIpc) is 2.89. The molecular formula is C31H46N2O2. The molecule has 2 atom stereocenters. The Morgan fingerprint density at radius 1 is 0.971 bits per heavy atom. The van der Waals surface area contributed by atoms with Crippen LogP contribution < -0.4 is 0 Å². The summed E-state index contributed by atoms with van der Waals surface area (Å²) in [5.74, 6) is 0.796. The molecule has 3 rings (SSSR count). The van der Waals surface area contributed by atoms with Crippen LogP contribution in [0.5, 0.6) is 0 Å². The van der Waals surface area contributed by atoms with Crippen LogP contribution in [0.3, 0.4) is 0 Å². The van der Waals surface area contributed by atoms with Crippen LogP contribution in [0, 0.1) is 0 Å². The van der Waals surface area contributed by atoms with Gasteiger partial charge in [0.1, 0.15) is 0 Å². The van der Waals surface area contributed by atoms with Gasteiger partial charge in [-0.3, -0.25) is 0 Å². The first kappa shape index (κ1) is 27.5. The first-order valence-corrected chi connectivity index (χ1v) is 14.1. The molecule has 0 N–H and O–H groups in total. The molecular weight excluding hydrogens is 432 g/mol. The van der Waals surface area contributed by atoms with Crippen molar-refractivity contribution in [2.45, 2.75) is 116 Å². The summed E-state index contributed by atoms with van der Waals surface area (Å²) in [6.45, 7) is 5.29. The molecule has 4 heteroatoms. The number of unbranched alkanes of at least 4 members (excludes halogenated alkanes) is 7. The summed E-state index contributed by atoms with van der Waals surface area (Å²) in [4.78, 5) is 9.16. The third-order valence-electron chi connectivity index (χ3n) is 6.77. The van der Waals surface area contributed by atoms with E-state index in [0.29, 0.717) is 0 Å². The fourth-order valence-electron chi connectivity index (χ4n) is 4.56. The van der Waals surface area contributed by atoms with Gasteiger partial charge >= 0.3 is 0 Å². The Kier molecular flexibility index (Phi) is 13.1. The molecule has 192 valence electrons. The summed E-state index contributed by atoms with van der Waals surface area (Å²) < 4.78 is 11.7.